The van der Waals surface area contributed by atoms with Crippen LogP contribution >= 0.6 is 0 Å². The van der Waals surface area contributed by atoms with E-state index in [-0.39, 0.29) is 23.7 Å². The first-order chi connectivity index (χ1) is 11.0. The quantitative estimate of drug-likeness (QED) is 0.926. The van der Waals surface area contributed by atoms with Gasteiger partial charge in [-0.05, 0) is 37.3 Å². The van der Waals surface area contributed by atoms with Crippen molar-refractivity contribution < 1.29 is 14.7 Å². The first-order valence-electron chi connectivity index (χ1n) is 8.33. The van der Waals surface area contributed by atoms with Crippen molar-refractivity contribution in [2.24, 2.45) is 11.8 Å². The predicted octanol–water partition coefficient (Wildman–Crippen LogP) is 1.90. The molecule has 1 N–H and O–H groups in total. The van der Waals surface area contributed by atoms with Gasteiger partial charge in [0.25, 0.3) is 5.91 Å². The van der Waals surface area contributed by atoms with Crippen molar-refractivity contribution in [2.75, 3.05) is 25.0 Å². The maximum absolute atomic E-state index is 12.9. The second-order valence-electron chi connectivity index (χ2n) is 6.77. The van der Waals surface area contributed by atoms with Gasteiger partial charge in [0.05, 0.1) is 17.4 Å². The summed E-state index contributed by atoms with van der Waals surface area (Å²) in [7, 11) is 1.74. The predicted molar refractivity (Wildman–Crippen MR) is 88.3 cm³/mol. The van der Waals surface area contributed by atoms with E-state index in [2.05, 4.69) is 0 Å². The minimum Gasteiger partial charge on any atom is -0.391 e. The van der Waals surface area contributed by atoms with Crippen molar-refractivity contribution in [3.05, 3.63) is 29.8 Å². The number of piperidine rings is 1. The average Bonchev–Trinajstić information content (AvgIpc) is 3.40. The molecule has 124 valence electrons. The second kappa shape index (κ2) is 6.32. The second-order valence-corrected chi connectivity index (χ2v) is 6.77. The van der Waals surface area contributed by atoms with Crippen LogP contribution in [-0.4, -0.2) is 48.1 Å². The van der Waals surface area contributed by atoms with Gasteiger partial charge in [-0.1, -0.05) is 19.1 Å². The van der Waals surface area contributed by atoms with Gasteiger partial charge in [-0.25, -0.2) is 0 Å². The Kier molecular flexibility index (Phi) is 4.39. The number of carbonyl (C=O) groups is 2. The summed E-state index contributed by atoms with van der Waals surface area (Å²) in [6, 6.07) is 7.24. The minimum atomic E-state index is -0.481. The van der Waals surface area contributed by atoms with Gasteiger partial charge in [-0.3, -0.25) is 9.59 Å². The van der Waals surface area contributed by atoms with Crippen LogP contribution in [0.4, 0.5) is 5.69 Å². The zero-order valence-corrected chi connectivity index (χ0v) is 13.7. The fraction of sp³-hybridized carbons (Fsp3) is 0.556. The van der Waals surface area contributed by atoms with E-state index in [0.29, 0.717) is 24.3 Å². The van der Waals surface area contributed by atoms with Crippen LogP contribution in [0, 0.1) is 11.8 Å². The summed E-state index contributed by atoms with van der Waals surface area (Å²) in [5, 5.41) is 10.0. The highest BCUT2D eigenvalue weighted by atomic mass is 16.3. The number of amides is 2. The highest BCUT2D eigenvalue weighted by Gasteiger charge is 2.34. The Morgan fingerprint density at radius 1 is 1.22 bits per heavy atom. The summed E-state index contributed by atoms with van der Waals surface area (Å²) in [4.78, 5) is 28.5. The standard InChI is InChI=1S/C18H24N2O3/c1-12-9-10-20(11-16(12)21)18(23)14-5-3-4-6-15(14)19(2)17(22)13-7-8-13/h3-6,12-13,16,21H,7-11H2,1-2H3. The van der Waals surface area contributed by atoms with Crippen LogP contribution in [0.1, 0.15) is 36.5 Å². The van der Waals surface area contributed by atoms with Crippen molar-refractivity contribution in [2.45, 2.75) is 32.3 Å². The van der Waals surface area contributed by atoms with E-state index in [1.807, 2.05) is 25.1 Å². The van der Waals surface area contributed by atoms with E-state index in [4.69, 9.17) is 0 Å². The highest BCUT2D eigenvalue weighted by Crippen LogP contribution is 2.33. The molecule has 1 aromatic rings. The van der Waals surface area contributed by atoms with E-state index in [1.54, 1.807) is 22.9 Å². The maximum Gasteiger partial charge on any atom is 0.256 e. The Morgan fingerprint density at radius 2 is 1.91 bits per heavy atom. The largest absolute Gasteiger partial charge is 0.391 e. The lowest BCUT2D eigenvalue weighted by molar-refractivity contribution is -0.119. The number of anilines is 1. The Balaban J connectivity index is 1.82. The number of β-amino-alcohol motifs (C(OH)–C–C–N with tert-alkyl or cyclic N) is 1. The van der Waals surface area contributed by atoms with E-state index in [1.165, 1.54) is 0 Å². The van der Waals surface area contributed by atoms with Crippen LogP contribution in [0.5, 0.6) is 0 Å². The first-order valence-corrected chi connectivity index (χ1v) is 8.33. The van der Waals surface area contributed by atoms with Gasteiger partial charge < -0.3 is 14.9 Å². The zero-order chi connectivity index (χ0) is 16.6. The van der Waals surface area contributed by atoms with Gasteiger partial charge in [0.1, 0.15) is 0 Å². The van der Waals surface area contributed by atoms with Gasteiger partial charge in [-0.2, -0.15) is 0 Å². The summed E-state index contributed by atoms with van der Waals surface area (Å²) in [5.41, 5.74) is 1.19. The molecule has 2 unspecified atom stereocenters. The SMILES string of the molecule is CC1CCN(C(=O)c2ccccc2N(C)C(=O)C2CC2)CC1O. The molecule has 0 radical (unpaired) electrons. The molecular formula is C18H24N2O3. The molecule has 1 heterocycles. The number of likely N-dealkylation sites (tertiary alicyclic amines) is 1. The molecule has 2 fully saturated rings. The van der Waals surface area contributed by atoms with Crippen LogP contribution in [0.15, 0.2) is 24.3 Å². The monoisotopic (exact) mass is 316 g/mol. The number of benzene rings is 1. The number of hydrogen-bond acceptors (Lipinski definition) is 3. The number of nitrogens with zero attached hydrogens (tertiary/aromatic N) is 2. The number of rotatable bonds is 3. The average molecular weight is 316 g/mol. The number of para-hydroxylation sites is 1. The molecule has 0 aromatic heterocycles. The lowest BCUT2D eigenvalue weighted by atomic mass is 9.95. The molecule has 1 aliphatic heterocycles. The fourth-order valence-electron chi connectivity index (χ4n) is 3.07. The van der Waals surface area contributed by atoms with Crippen molar-refractivity contribution in [1.82, 2.24) is 4.90 Å². The molecule has 2 aliphatic rings. The zero-order valence-electron chi connectivity index (χ0n) is 13.7. The molecule has 1 saturated carbocycles. The third-order valence-electron chi connectivity index (χ3n) is 4.96. The van der Waals surface area contributed by atoms with Gasteiger partial charge in [0.15, 0.2) is 0 Å². The Hall–Kier alpha value is -1.88. The number of hydrogen-bond donors (Lipinski definition) is 1. The van der Waals surface area contributed by atoms with E-state index in [0.717, 1.165) is 19.3 Å². The maximum atomic E-state index is 12.9. The molecule has 0 spiro atoms. The minimum absolute atomic E-state index is 0.0811. The van der Waals surface area contributed by atoms with E-state index >= 15 is 0 Å². The summed E-state index contributed by atoms with van der Waals surface area (Å²) in [6.07, 6.45) is 2.20. The third kappa shape index (κ3) is 3.24. The van der Waals surface area contributed by atoms with E-state index < -0.39 is 6.10 Å². The normalized spacial score (nSPS) is 24.4. The fourth-order valence-corrected chi connectivity index (χ4v) is 3.07. The molecule has 2 atom stereocenters. The summed E-state index contributed by atoms with van der Waals surface area (Å²) >= 11 is 0. The molecule has 0 bridgehead atoms. The van der Waals surface area contributed by atoms with Crippen molar-refractivity contribution >= 4 is 17.5 Å². The van der Waals surface area contributed by atoms with Gasteiger partial charge in [-0.15, -0.1) is 0 Å². The highest BCUT2D eigenvalue weighted by molar-refractivity contribution is 6.05. The molecule has 1 saturated heterocycles. The topological polar surface area (TPSA) is 60.9 Å². The summed E-state index contributed by atoms with van der Waals surface area (Å²) < 4.78 is 0. The first kappa shape index (κ1) is 16.0. The Labute approximate surface area is 136 Å². The van der Waals surface area contributed by atoms with Gasteiger partial charge in [0.2, 0.25) is 5.91 Å². The number of carbonyl (C=O) groups excluding carboxylic acids is 2. The molecule has 2 amide bonds. The van der Waals surface area contributed by atoms with E-state index in [9.17, 15) is 14.7 Å². The van der Waals surface area contributed by atoms with Crippen LogP contribution in [0.2, 0.25) is 0 Å². The third-order valence-corrected chi connectivity index (χ3v) is 4.96. The van der Waals surface area contributed by atoms with Crippen molar-refractivity contribution in [3.63, 3.8) is 0 Å². The van der Waals surface area contributed by atoms with Gasteiger partial charge >= 0.3 is 0 Å². The number of aliphatic hydroxyl groups excluding tert-OH is 1. The molecule has 1 aromatic carbocycles. The smallest absolute Gasteiger partial charge is 0.256 e. The van der Waals surface area contributed by atoms with Crippen LogP contribution in [0.3, 0.4) is 0 Å². The van der Waals surface area contributed by atoms with Crippen LogP contribution in [-0.2, 0) is 4.79 Å². The lowest BCUT2D eigenvalue weighted by Crippen LogP contribution is -2.46. The molecule has 3 rings (SSSR count). The molecule has 1 aliphatic carbocycles. The Bertz CT molecular complexity index is 612. The number of aliphatic hydroxyl groups is 1. The summed E-state index contributed by atoms with van der Waals surface area (Å²) in [6.45, 7) is 3.00. The van der Waals surface area contributed by atoms with Gasteiger partial charge in [0, 0.05) is 26.1 Å². The molecule has 5 heteroatoms. The van der Waals surface area contributed by atoms with Crippen LogP contribution < -0.4 is 4.90 Å². The Morgan fingerprint density at radius 3 is 2.57 bits per heavy atom. The molecular weight excluding hydrogens is 292 g/mol. The van der Waals surface area contributed by atoms with Crippen molar-refractivity contribution in [1.29, 1.82) is 0 Å². The molecule has 5 nitrogen and oxygen atoms in total. The molecule has 23 heavy (non-hydrogen) atoms. The van der Waals surface area contributed by atoms with Crippen LogP contribution in [0.25, 0.3) is 0 Å². The lowest BCUT2D eigenvalue weighted by Gasteiger charge is -2.35. The summed E-state index contributed by atoms with van der Waals surface area (Å²) in [5.74, 6) is 0.300. The van der Waals surface area contributed by atoms with Crippen molar-refractivity contribution in [3.8, 4) is 0 Å².